The Kier molecular flexibility index (Phi) is 5.85. The van der Waals surface area contributed by atoms with Crippen LogP contribution in [0.1, 0.15) is 37.4 Å². The zero-order valence-corrected chi connectivity index (χ0v) is 12.1. The summed E-state index contributed by atoms with van der Waals surface area (Å²) in [4.78, 5) is 16.8. The van der Waals surface area contributed by atoms with E-state index in [2.05, 4.69) is 24.2 Å². The van der Waals surface area contributed by atoms with E-state index in [-0.39, 0.29) is 12.0 Å². The van der Waals surface area contributed by atoms with E-state index in [4.69, 9.17) is 4.74 Å². The van der Waals surface area contributed by atoms with E-state index in [1.165, 1.54) is 11.3 Å². The predicted octanol–water partition coefficient (Wildman–Crippen LogP) is 2.91. The Morgan fingerprint density at radius 2 is 2.17 bits per heavy atom. The highest BCUT2D eigenvalue weighted by atomic mass is 32.1. The van der Waals surface area contributed by atoms with Gasteiger partial charge in [0.25, 0.3) is 11.9 Å². The van der Waals surface area contributed by atoms with Gasteiger partial charge in [0, 0.05) is 6.54 Å². The number of aliphatic imine (C=N–C) groups is 1. The molecule has 1 amide bonds. The van der Waals surface area contributed by atoms with Gasteiger partial charge in [-0.25, -0.2) is 4.99 Å². The van der Waals surface area contributed by atoms with Crippen molar-refractivity contribution in [1.82, 2.24) is 5.32 Å². The van der Waals surface area contributed by atoms with Gasteiger partial charge in [-0.15, -0.1) is 11.3 Å². The molecule has 0 saturated heterocycles. The van der Waals surface area contributed by atoms with E-state index >= 15 is 0 Å². The Hall–Kier alpha value is -1.36. The van der Waals surface area contributed by atoms with Crippen molar-refractivity contribution in [1.29, 1.82) is 0 Å². The third kappa shape index (κ3) is 5.31. The van der Waals surface area contributed by atoms with Gasteiger partial charge in [0.15, 0.2) is 0 Å². The van der Waals surface area contributed by atoms with Gasteiger partial charge in [-0.1, -0.05) is 19.9 Å². The van der Waals surface area contributed by atoms with Crippen molar-refractivity contribution < 1.29 is 9.53 Å². The van der Waals surface area contributed by atoms with Crippen LogP contribution in [0.25, 0.3) is 0 Å². The largest absolute Gasteiger partial charge is 0.462 e. The van der Waals surface area contributed by atoms with Crippen LogP contribution < -0.4 is 5.32 Å². The molecule has 5 heteroatoms. The molecule has 0 aliphatic rings. The first-order valence-electron chi connectivity index (χ1n) is 6.05. The number of amides is 1. The second-order valence-corrected chi connectivity index (χ2v) is 5.59. The highest BCUT2D eigenvalue weighted by molar-refractivity contribution is 7.12. The minimum Gasteiger partial charge on any atom is -0.462 e. The van der Waals surface area contributed by atoms with Gasteiger partial charge in [0.05, 0.1) is 11.0 Å². The number of carbonyl (C=O) groups excluding carboxylic acids is 1. The summed E-state index contributed by atoms with van der Waals surface area (Å²) in [6, 6.07) is 3.92. The molecule has 1 aromatic heterocycles. The summed E-state index contributed by atoms with van der Waals surface area (Å²) in [7, 11) is 0. The van der Waals surface area contributed by atoms with E-state index in [0.717, 1.165) is 0 Å². The lowest BCUT2D eigenvalue weighted by atomic mass is 10.2. The number of thiophene rings is 1. The Labute approximate surface area is 112 Å². The van der Waals surface area contributed by atoms with Gasteiger partial charge < -0.3 is 4.74 Å². The fraction of sp³-hybridized carbons (Fsp3) is 0.538. The summed E-state index contributed by atoms with van der Waals surface area (Å²) < 4.78 is 5.49. The highest BCUT2D eigenvalue weighted by Gasteiger charge is 2.12. The van der Waals surface area contributed by atoms with Gasteiger partial charge >= 0.3 is 0 Å². The molecular formula is C13H20N2O2S. The zero-order valence-electron chi connectivity index (χ0n) is 11.3. The molecule has 1 aromatic rings. The van der Waals surface area contributed by atoms with E-state index < -0.39 is 0 Å². The van der Waals surface area contributed by atoms with Crippen LogP contribution in [0.5, 0.6) is 0 Å². The van der Waals surface area contributed by atoms with Crippen LogP contribution in [0.15, 0.2) is 22.5 Å². The number of amidine groups is 1. The first-order valence-corrected chi connectivity index (χ1v) is 6.93. The maximum atomic E-state index is 11.9. The maximum absolute atomic E-state index is 11.9. The van der Waals surface area contributed by atoms with Gasteiger partial charge in [0.2, 0.25) is 0 Å². The van der Waals surface area contributed by atoms with Crippen molar-refractivity contribution in [3.05, 3.63) is 22.4 Å². The molecule has 100 valence electrons. The van der Waals surface area contributed by atoms with Gasteiger partial charge in [-0.2, -0.15) is 0 Å². The van der Waals surface area contributed by atoms with Crippen molar-refractivity contribution in [3.8, 4) is 0 Å². The Morgan fingerprint density at radius 1 is 1.44 bits per heavy atom. The lowest BCUT2D eigenvalue weighted by molar-refractivity contribution is 0.0963. The Bertz CT molecular complexity index is 397. The van der Waals surface area contributed by atoms with Crippen LogP contribution in [0, 0.1) is 5.92 Å². The van der Waals surface area contributed by atoms with Crippen LogP contribution in [-0.2, 0) is 4.74 Å². The van der Waals surface area contributed by atoms with Crippen LogP contribution in [0.2, 0.25) is 0 Å². The molecule has 0 atom stereocenters. The van der Waals surface area contributed by atoms with Crippen molar-refractivity contribution >= 4 is 23.3 Å². The van der Waals surface area contributed by atoms with Crippen molar-refractivity contribution in [2.24, 2.45) is 10.9 Å². The number of hydrogen-bond donors (Lipinski definition) is 1. The molecule has 0 aromatic carbocycles. The third-order valence-electron chi connectivity index (χ3n) is 1.91. The van der Waals surface area contributed by atoms with E-state index in [1.807, 2.05) is 25.3 Å². The minimum atomic E-state index is -0.173. The van der Waals surface area contributed by atoms with Crippen molar-refractivity contribution in [2.45, 2.75) is 33.8 Å². The number of hydrogen-bond acceptors (Lipinski definition) is 4. The van der Waals surface area contributed by atoms with Crippen LogP contribution in [-0.4, -0.2) is 24.6 Å². The van der Waals surface area contributed by atoms with Crippen LogP contribution >= 0.6 is 11.3 Å². The molecule has 0 unspecified atom stereocenters. The molecule has 0 saturated carbocycles. The first kappa shape index (κ1) is 14.7. The van der Waals surface area contributed by atoms with E-state index in [1.54, 1.807) is 6.07 Å². The normalized spacial score (nSPS) is 12.0. The third-order valence-corrected chi connectivity index (χ3v) is 2.78. The standard InChI is InChI=1S/C13H20N2O2S/c1-9(2)8-14-13(17-10(3)4)15-12(16)11-6-5-7-18-11/h5-7,9-10H,8H2,1-4H3,(H,14,15,16). The number of carbonyl (C=O) groups is 1. The monoisotopic (exact) mass is 268 g/mol. The molecule has 0 fully saturated rings. The second kappa shape index (κ2) is 7.16. The molecular weight excluding hydrogens is 248 g/mol. The molecule has 0 aliphatic carbocycles. The van der Waals surface area contributed by atoms with Crippen LogP contribution in [0.3, 0.4) is 0 Å². The lowest BCUT2D eigenvalue weighted by Crippen LogP contribution is -2.34. The van der Waals surface area contributed by atoms with Crippen LogP contribution in [0.4, 0.5) is 0 Å². The number of rotatable bonds is 4. The molecule has 18 heavy (non-hydrogen) atoms. The Balaban J connectivity index is 2.66. The smallest absolute Gasteiger partial charge is 0.291 e. The SMILES string of the molecule is CC(C)CN=C(NC(=O)c1cccs1)OC(C)C. The zero-order chi connectivity index (χ0) is 13.5. The molecule has 1 rings (SSSR count). The molecule has 0 radical (unpaired) electrons. The number of ether oxygens (including phenoxy) is 1. The second-order valence-electron chi connectivity index (χ2n) is 4.64. The Morgan fingerprint density at radius 3 is 2.67 bits per heavy atom. The molecule has 1 heterocycles. The minimum absolute atomic E-state index is 0.0143. The first-order chi connectivity index (χ1) is 8.49. The average molecular weight is 268 g/mol. The summed E-state index contributed by atoms with van der Waals surface area (Å²) >= 11 is 1.39. The average Bonchev–Trinajstić information content (AvgIpc) is 2.78. The van der Waals surface area contributed by atoms with Crippen molar-refractivity contribution in [3.63, 3.8) is 0 Å². The maximum Gasteiger partial charge on any atom is 0.291 e. The molecule has 0 aliphatic heterocycles. The van der Waals surface area contributed by atoms with Gasteiger partial charge in [0.1, 0.15) is 0 Å². The van der Waals surface area contributed by atoms with Gasteiger partial charge in [-0.05, 0) is 31.2 Å². The summed E-state index contributed by atoms with van der Waals surface area (Å²) in [5.74, 6) is 0.252. The quantitative estimate of drug-likeness (QED) is 0.674. The summed E-state index contributed by atoms with van der Waals surface area (Å²) in [5.41, 5.74) is 0. The highest BCUT2D eigenvalue weighted by Crippen LogP contribution is 2.08. The van der Waals surface area contributed by atoms with Gasteiger partial charge in [-0.3, -0.25) is 10.1 Å². The molecule has 0 bridgehead atoms. The molecule has 0 spiro atoms. The fourth-order valence-corrected chi connectivity index (χ4v) is 1.78. The molecule has 4 nitrogen and oxygen atoms in total. The topological polar surface area (TPSA) is 50.7 Å². The fourth-order valence-electron chi connectivity index (χ4n) is 1.16. The molecule has 1 N–H and O–H groups in total. The summed E-state index contributed by atoms with van der Waals surface area (Å²) in [6.45, 7) is 8.58. The summed E-state index contributed by atoms with van der Waals surface area (Å²) in [6.07, 6.45) is -0.0143. The predicted molar refractivity (Wildman–Crippen MR) is 75.1 cm³/mol. The number of nitrogens with one attached hydrogen (secondary N) is 1. The van der Waals surface area contributed by atoms with E-state index in [0.29, 0.717) is 23.4 Å². The van der Waals surface area contributed by atoms with Crippen molar-refractivity contribution in [2.75, 3.05) is 6.54 Å². The number of nitrogens with zero attached hydrogens (tertiary/aromatic N) is 1. The lowest BCUT2D eigenvalue weighted by Gasteiger charge is -2.13. The van der Waals surface area contributed by atoms with E-state index in [9.17, 15) is 4.79 Å². The summed E-state index contributed by atoms with van der Waals surface area (Å²) in [5, 5.41) is 4.57.